The van der Waals surface area contributed by atoms with E-state index in [0.717, 1.165) is 11.1 Å². The van der Waals surface area contributed by atoms with Crippen molar-refractivity contribution in [1.29, 1.82) is 0 Å². The van der Waals surface area contributed by atoms with Crippen LogP contribution in [0.25, 0.3) is 0 Å². The van der Waals surface area contributed by atoms with Crippen LogP contribution in [-0.2, 0) is 22.7 Å². The predicted molar refractivity (Wildman–Crippen MR) is 88.3 cm³/mol. The number of aliphatic carboxylic acids is 1. The molecular weight excluding hydrogens is 325 g/mol. The maximum atomic E-state index is 12.9. The van der Waals surface area contributed by atoms with Crippen molar-refractivity contribution in [3.63, 3.8) is 0 Å². The van der Waals surface area contributed by atoms with E-state index in [0.29, 0.717) is 18.9 Å². The van der Waals surface area contributed by atoms with Gasteiger partial charge in [-0.2, -0.15) is 0 Å². The second kappa shape index (κ2) is 7.34. The van der Waals surface area contributed by atoms with Crippen LogP contribution >= 0.6 is 0 Å². The fourth-order valence-corrected chi connectivity index (χ4v) is 2.79. The first-order valence-electron chi connectivity index (χ1n) is 7.98. The van der Waals surface area contributed by atoms with Gasteiger partial charge in [-0.3, -0.25) is 9.59 Å². The van der Waals surface area contributed by atoms with E-state index in [1.807, 2.05) is 18.2 Å². The number of hydrogen-bond donors (Lipinski definition) is 1. The number of carbonyl (C=O) groups is 2. The first kappa shape index (κ1) is 17.0. The van der Waals surface area contributed by atoms with Gasteiger partial charge >= 0.3 is 5.97 Å². The Morgan fingerprint density at radius 2 is 1.96 bits per heavy atom. The van der Waals surface area contributed by atoms with Gasteiger partial charge in [0.2, 0.25) is 5.91 Å². The van der Waals surface area contributed by atoms with Gasteiger partial charge in [0.1, 0.15) is 18.2 Å². The first-order valence-corrected chi connectivity index (χ1v) is 7.98. The van der Waals surface area contributed by atoms with Crippen LogP contribution in [0.15, 0.2) is 48.5 Å². The molecule has 5 nitrogen and oxygen atoms in total. The Balaban J connectivity index is 1.60. The summed E-state index contributed by atoms with van der Waals surface area (Å²) < 4.78 is 18.6. The Morgan fingerprint density at radius 1 is 1.20 bits per heavy atom. The molecule has 1 fully saturated rings. The maximum absolute atomic E-state index is 12.9. The van der Waals surface area contributed by atoms with Gasteiger partial charge in [0.25, 0.3) is 0 Å². The van der Waals surface area contributed by atoms with Gasteiger partial charge in [-0.05, 0) is 35.4 Å². The highest BCUT2D eigenvalue weighted by atomic mass is 19.1. The monoisotopic (exact) mass is 343 g/mol. The van der Waals surface area contributed by atoms with Crippen LogP contribution in [0.1, 0.15) is 17.5 Å². The number of nitrogens with zero attached hydrogens (tertiary/aromatic N) is 1. The number of carboxylic acids is 1. The highest BCUT2D eigenvalue weighted by Gasteiger charge is 2.34. The van der Waals surface area contributed by atoms with Gasteiger partial charge in [0, 0.05) is 19.5 Å². The quantitative estimate of drug-likeness (QED) is 0.876. The molecule has 2 aromatic rings. The summed E-state index contributed by atoms with van der Waals surface area (Å²) in [5, 5.41) is 9.03. The minimum absolute atomic E-state index is 0.0517. The third kappa shape index (κ3) is 4.35. The van der Waals surface area contributed by atoms with Crippen molar-refractivity contribution in [2.45, 2.75) is 19.6 Å². The Labute approximate surface area is 144 Å². The lowest BCUT2D eigenvalue weighted by molar-refractivity contribution is -0.141. The van der Waals surface area contributed by atoms with Crippen molar-refractivity contribution < 1.29 is 23.8 Å². The van der Waals surface area contributed by atoms with E-state index in [4.69, 9.17) is 9.84 Å². The number of hydrogen-bond acceptors (Lipinski definition) is 3. The van der Waals surface area contributed by atoms with Crippen LogP contribution < -0.4 is 4.74 Å². The zero-order chi connectivity index (χ0) is 17.8. The molecule has 0 radical (unpaired) electrons. The largest absolute Gasteiger partial charge is 0.489 e. The number of amides is 1. The summed E-state index contributed by atoms with van der Waals surface area (Å²) in [4.78, 5) is 24.5. The van der Waals surface area contributed by atoms with Crippen LogP contribution in [0.4, 0.5) is 4.39 Å². The van der Waals surface area contributed by atoms with Crippen molar-refractivity contribution in [3.05, 3.63) is 65.5 Å². The standard InChI is InChI=1S/C19H18FNO4/c20-16-6-4-13(5-7-16)12-25-17-3-1-2-14(8-17)10-21-11-15(19(23)24)9-18(21)22/h1-8,15H,9-12H2,(H,23,24). The topological polar surface area (TPSA) is 66.8 Å². The predicted octanol–water partition coefficient (Wildman–Crippen LogP) is 2.84. The van der Waals surface area contributed by atoms with E-state index in [1.165, 1.54) is 12.1 Å². The Hall–Kier alpha value is -2.89. The highest BCUT2D eigenvalue weighted by Crippen LogP contribution is 2.22. The molecular formula is C19H18FNO4. The molecule has 1 aliphatic rings. The zero-order valence-electron chi connectivity index (χ0n) is 13.5. The zero-order valence-corrected chi connectivity index (χ0v) is 13.5. The van der Waals surface area contributed by atoms with Gasteiger partial charge in [0.15, 0.2) is 0 Å². The molecule has 1 atom stereocenters. The Kier molecular flexibility index (Phi) is 4.97. The number of ether oxygens (including phenoxy) is 1. The minimum atomic E-state index is -0.938. The fraction of sp³-hybridized carbons (Fsp3) is 0.263. The second-order valence-corrected chi connectivity index (χ2v) is 6.08. The second-order valence-electron chi connectivity index (χ2n) is 6.08. The summed E-state index contributed by atoms with van der Waals surface area (Å²) in [5.74, 6) is -1.37. The van der Waals surface area contributed by atoms with Crippen molar-refractivity contribution in [1.82, 2.24) is 4.90 Å². The molecule has 6 heteroatoms. The molecule has 1 heterocycles. The number of carbonyl (C=O) groups excluding carboxylic acids is 1. The highest BCUT2D eigenvalue weighted by molar-refractivity contribution is 5.86. The number of rotatable bonds is 6. The third-order valence-electron chi connectivity index (χ3n) is 4.15. The molecule has 0 aliphatic carbocycles. The molecule has 1 saturated heterocycles. The van der Waals surface area contributed by atoms with E-state index in [9.17, 15) is 14.0 Å². The van der Waals surface area contributed by atoms with Crippen molar-refractivity contribution >= 4 is 11.9 Å². The molecule has 0 saturated carbocycles. The summed E-state index contributed by atoms with van der Waals surface area (Å²) in [6, 6.07) is 13.4. The van der Waals surface area contributed by atoms with Crippen LogP contribution in [-0.4, -0.2) is 28.4 Å². The van der Waals surface area contributed by atoms with E-state index in [2.05, 4.69) is 0 Å². The molecule has 1 unspecified atom stereocenters. The van der Waals surface area contributed by atoms with Gasteiger partial charge in [-0.15, -0.1) is 0 Å². The van der Waals surface area contributed by atoms with Crippen molar-refractivity contribution in [2.75, 3.05) is 6.54 Å². The van der Waals surface area contributed by atoms with Gasteiger partial charge in [0.05, 0.1) is 5.92 Å². The Morgan fingerprint density at radius 3 is 2.64 bits per heavy atom. The van der Waals surface area contributed by atoms with Crippen LogP contribution in [0.3, 0.4) is 0 Å². The Bertz CT molecular complexity index is 775. The minimum Gasteiger partial charge on any atom is -0.489 e. The third-order valence-corrected chi connectivity index (χ3v) is 4.15. The molecule has 0 bridgehead atoms. The lowest BCUT2D eigenvalue weighted by atomic mass is 10.1. The number of likely N-dealkylation sites (tertiary alicyclic amines) is 1. The van der Waals surface area contributed by atoms with Gasteiger partial charge < -0.3 is 14.7 Å². The molecule has 3 rings (SSSR count). The van der Waals surface area contributed by atoms with Gasteiger partial charge in [-0.1, -0.05) is 24.3 Å². The molecule has 2 aromatic carbocycles. The summed E-state index contributed by atoms with van der Waals surface area (Å²) in [6.07, 6.45) is 0.0517. The normalized spacial score (nSPS) is 16.9. The van der Waals surface area contributed by atoms with Crippen LogP contribution in [0.2, 0.25) is 0 Å². The molecule has 0 aromatic heterocycles. The smallest absolute Gasteiger partial charge is 0.308 e. The van der Waals surface area contributed by atoms with Crippen molar-refractivity contribution in [2.24, 2.45) is 5.92 Å². The number of halogens is 1. The summed E-state index contributed by atoms with van der Waals surface area (Å²) in [5.41, 5.74) is 1.72. The average molecular weight is 343 g/mol. The maximum Gasteiger partial charge on any atom is 0.308 e. The first-order chi connectivity index (χ1) is 12.0. The van der Waals surface area contributed by atoms with E-state index < -0.39 is 11.9 Å². The molecule has 1 amide bonds. The van der Waals surface area contributed by atoms with Crippen LogP contribution in [0, 0.1) is 11.7 Å². The molecule has 25 heavy (non-hydrogen) atoms. The van der Waals surface area contributed by atoms with Gasteiger partial charge in [-0.25, -0.2) is 4.39 Å². The average Bonchev–Trinajstić information content (AvgIpc) is 2.96. The molecule has 1 N–H and O–H groups in total. The van der Waals surface area contributed by atoms with E-state index in [-0.39, 0.29) is 24.7 Å². The van der Waals surface area contributed by atoms with Crippen molar-refractivity contribution in [3.8, 4) is 5.75 Å². The lowest BCUT2D eigenvalue weighted by Crippen LogP contribution is -2.25. The van der Waals surface area contributed by atoms with E-state index >= 15 is 0 Å². The fourth-order valence-electron chi connectivity index (χ4n) is 2.79. The number of carboxylic acid groups (broad SMARTS) is 1. The molecule has 0 spiro atoms. The molecule has 1 aliphatic heterocycles. The summed E-state index contributed by atoms with van der Waals surface area (Å²) >= 11 is 0. The lowest BCUT2D eigenvalue weighted by Gasteiger charge is -2.16. The molecule has 130 valence electrons. The SMILES string of the molecule is O=C(O)C1CC(=O)N(Cc2cccc(OCc3ccc(F)cc3)c2)C1. The number of benzene rings is 2. The summed E-state index contributed by atoms with van der Waals surface area (Å²) in [6.45, 7) is 0.901. The summed E-state index contributed by atoms with van der Waals surface area (Å²) in [7, 11) is 0. The van der Waals surface area contributed by atoms with E-state index in [1.54, 1.807) is 23.1 Å². The van der Waals surface area contributed by atoms with Crippen LogP contribution in [0.5, 0.6) is 5.75 Å².